The van der Waals surface area contributed by atoms with Crippen molar-refractivity contribution in [3.05, 3.63) is 56.9 Å². The van der Waals surface area contributed by atoms with E-state index in [1.807, 2.05) is 6.07 Å². The number of alkyl halides is 2. The van der Waals surface area contributed by atoms with Gasteiger partial charge in [-0.3, -0.25) is 4.79 Å². The summed E-state index contributed by atoms with van der Waals surface area (Å²) in [7, 11) is 0. The maximum absolute atomic E-state index is 12.2. The minimum Gasteiger partial charge on any atom is -0.459 e. The first-order chi connectivity index (χ1) is 10.9. The van der Waals surface area contributed by atoms with E-state index in [0.717, 1.165) is 4.68 Å². The molecule has 0 aliphatic carbocycles. The van der Waals surface area contributed by atoms with Gasteiger partial charge in [0.15, 0.2) is 0 Å². The number of hydrogen-bond acceptors (Lipinski definition) is 5. The Labute approximate surface area is 135 Å². The van der Waals surface area contributed by atoms with Crippen LogP contribution in [0, 0.1) is 25.2 Å². The van der Waals surface area contributed by atoms with E-state index in [2.05, 4.69) is 5.10 Å². The summed E-state index contributed by atoms with van der Waals surface area (Å²) in [6.45, 7) is 3.38. The second kappa shape index (κ2) is 7.24. The Hall–Kier alpha value is -2.40. The van der Waals surface area contributed by atoms with E-state index in [1.54, 1.807) is 32.0 Å². The number of furan rings is 1. The lowest BCUT2D eigenvalue weighted by Gasteiger charge is -2.05. The lowest BCUT2D eigenvalue weighted by atomic mass is 10.1. The molecule has 0 spiro atoms. The van der Waals surface area contributed by atoms with Crippen LogP contribution in [0.3, 0.4) is 0 Å². The minimum atomic E-state index is -2.46. The van der Waals surface area contributed by atoms with Crippen LogP contribution in [0.25, 0.3) is 0 Å². The number of aryl methyl sites for hydroxylation is 2. The normalized spacial score (nSPS) is 11.3. The minimum absolute atomic E-state index is 0.0289. The van der Waals surface area contributed by atoms with Crippen molar-refractivity contribution in [3.63, 3.8) is 0 Å². The number of aromatic nitrogens is 1. The fraction of sp³-hybridized carbons (Fsp3) is 0.267. The number of rotatable bonds is 5. The van der Waals surface area contributed by atoms with Gasteiger partial charge >= 0.3 is 0 Å². The molecule has 0 aromatic carbocycles. The molecule has 0 aliphatic heterocycles. The average Bonchev–Trinajstić information content (AvgIpc) is 2.93. The smallest absolute Gasteiger partial charge is 0.289 e. The van der Waals surface area contributed by atoms with E-state index >= 15 is 0 Å². The Balaban J connectivity index is 2.25. The van der Waals surface area contributed by atoms with Crippen LogP contribution in [0.15, 0.2) is 32.5 Å². The van der Waals surface area contributed by atoms with Gasteiger partial charge in [-0.2, -0.15) is 19.1 Å². The van der Waals surface area contributed by atoms with E-state index < -0.39 is 11.3 Å². The molecule has 23 heavy (non-hydrogen) atoms. The van der Waals surface area contributed by atoms with Crippen molar-refractivity contribution in [2.45, 2.75) is 25.4 Å². The Morgan fingerprint density at radius 3 is 2.87 bits per heavy atom. The van der Waals surface area contributed by atoms with Crippen LogP contribution in [-0.4, -0.2) is 16.6 Å². The molecule has 0 amide bonds. The van der Waals surface area contributed by atoms with Crippen LogP contribution in [-0.2, 0) is 5.75 Å². The average molecular weight is 337 g/mol. The van der Waals surface area contributed by atoms with Gasteiger partial charge in [-0.25, -0.2) is 4.68 Å². The van der Waals surface area contributed by atoms with Crippen molar-refractivity contribution in [1.82, 2.24) is 4.68 Å². The summed E-state index contributed by atoms with van der Waals surface area (Å²) >= 11 is 0.461. The zero-order valence-electron chi connectivity index (χ0n) is 12.4. The molecule has 0 aliphatic rings. The monoisotopic (exact) mass is 337 g/mol. The third kappa shape index (κ3) is 4.07. The van der Waals surface area contributed by atoms with Crippen LogP contribution in [0.4, 0.5) is 8.78 Å². The van der Waals surface area contributed by atoms with Crippen molar-refractivity contribution in [2.24, 2.45) is 5.10 Å². The molecular formula is C15H13F2N3O2S. The van der Waals surface area contributed by atoms with Gasteiger partial charge in [0.2, 0.25) is 0 Å². The molecule has 120 valence electrons. The van der Waals surface area contributed by atoms with Gasteiger partial charge in [-0.1, -0.05) is 11.8 Å². The summed E-state index contributed by atoms with van der Waals surface area (Å²) in [6.07, 6.45) is 1.31. The molecule has 0 unspecified atom stereocenters. The fourth-order valence-electron chi connectivity index (χ4n) is 1.96. The van der Waals surface area contributed by atoms with Crippen LogP contribution in [0.1, 0.15) is 28.3 Å². The van der Waals surface area contributed by atoms with Crippen LogP contribution in [0.5, 0.6) is 0 Å². The molecule has 2 rings (SSSR count). The third-order valence-electron chi connectivity index (χ3n) is 3.01. The molecule has 0 radical (unpaired) electrons. The maximum Gasteiger partial charge on any atom is 0.289 e. The molecule has 2 heterocycles. The second-order valence-electron chi connectivity index (χ2n) is 4.69. The predicted molar refractivity (Wildman–Crippen MR) is 83.9 cm³/mol. The first kappa shape index (κ1) is 17.0. The largest absolute Gasteiger partial charge is 0.459 e. The van der Waals surface area contributed by atoms with Gasteiger partial charge in [0.05, 0.1) is 12.0 Å². The third-order valence-corrected chi connectivity index (χ3v) is 3.71. The van der Waals surface area contributed by atoms with E-state index in [9.17, 15) is 13.6 Å². The standard InChI is InChI=1S/C15H13F2N3O2S/c1-9-5-10(2)20(14(21)13(9)6-18)19-7-11-3-4-12(22-11)8-23-15(16)17/h3-5,7,15H,8H2,1-2H3/b19-7+. The van der Waals surface area contributed by atoms with Crippen LogP contribution >= 0.6 is 11.8 Å². The van der Waals surface area contributed by atoms with Crippen molar-refractivity contribution in [2.75, 3.05) is 0 Å². The molecule has 5 nitrogen and oxygen atoms in total. The van der Waals surface area contributed by atoms with E-state index in [-0.39, 0.29) is 11.3 Å². The summed E-state index contributed by atoms with van der Waals surface area (Å²) in [5.41, 5.74) is 0.677. The summed E-state index contributed by atoms with van der Waals surface area (Å²) in [5.74, 6) is -1.69. The Bertz CT molecular complexity index is 834. The highest BCUT2D eigenvalue weighted by molar-refractivity contribution is 7.98. The molecule has 0 N–H and O–H groups in total. The Morgan fingerprint density at radius 1 is 1.48 bits per heavy atom. The summed E-state index contributed by atoms with van der Waals surface area (Å²) in [6, 6.07) is 6.69. The van der Waals surface area contributed by atoms with E-state index in [4.69, 9.17) is 9.68 Å². The molecule has 2 aromatic heterocycles. The maximum atomic E-state index is 12.2. The van der Waals surface area contributed by atoms with Crippen molar-refractivity contribution in [1.29, 1.82) is 5.26 Å². The van der Waals surface area contributed by atoms with Gasteiger partial charge < -0.3 is 4.42 Å². The molecule has 0 atom stereocenters. The quantitative estimate of drug-likeness (QED) is 0.785. The summed E-state index contributed by atoms with van der Waals surface area (Å²) in [4.78, 5) is 12.2. The zero-order chi connectivity index (χ0) is 17.0. The Kier molecular flexibility index (Phi) is 5.34. The van der Waals surface area contributed by atoms with E-state index in [1.165, 1.54) is 6.21 Å². The van der Waals surface area contributed by atoms with Crippen LogP contribution < -0.4 is 5.56 Å². The van der Waals surface area contributed by atoms with Gasteiger partial charge in [0.25, 0.3) is 11.3 Å². The lowest BCUT2D eigenvalue weighted by molar-refractivity contribution is 0.251. The fourth-order valence-corrected chi connectivity index (χ4v) is 2.41. The SMILES string of the molecule is Cc1cc(C)n(/N=C/c2ccc(CSC(F)F)o2)c(=O)c1C#N. The van der Waals surface area contributed by atoms with Crippen molar-refractivity contribution < 1.29 is 13.2 Å². The highest BCUT2D eigenvalue weighted by atomic mass is 32.2. The van der Waals surface area contributed by atoms with Gasteiger partial charge in [-0.05, 0) is 37.6 Å². The molecule has 0 bridgehead atoms. The lowest BCUT2D eigenvalue weighted by Crippen LogP contribution is -2.22. The first-order valence-electron chi connectivity index (χ1n) is 6.58. The number of nitriles is 1. The number of pyridine rings is 1. The number of halogens is 2. The first-order valence-corrected chi connectivity index (χ1v) is 7.63. The molecule has 2 aromatic rings. The highest BCUT2D eigenvalue weighted by Crippen LogP contribution is 2.20. The van der Waals surface area contributed by atoms with Crippen molar-refractivity contribution in [3.8, 4) is 6.07 Å². The molecule has 0 fully saturated rings. The molecular weight excluding hydrogens is 324 g/mol. The predicted octanol–water partition coefficient (Wildman–Crippen LogP) is 3.27. The summed E-state index contributed by atoms with van der Waals surface area (Å²) < 4.78 is 30.7. The van der Waals surface area contributed by atoms with E-state index in [0.29, 0.717) is 34.5 Å². The molecule has 0 saturated heterocycles. The summed E-state index contributed by atoms with van der Waals surface area (Å²) in [5, 5.41) is 13.0. The van der Waals surface area contributed by atoms with Gasteiger partial charge in [0, 0.05) is 5.69 Å². The topological polar surface area (TPSA) is 71.3 Å². The number of thioether (sulfide) groups is 1. The number of nitrogens with zero attached hydrogens (tertiary/aromatic N) is 3. The van der Waals surface area contributed by atoms with Gasteiger partial charge in [-0.15, -0.1) is 0 Å². The van der Waals surface area contributed by atoms with Crippen LogP contribution in [0.2, 0.25) is 0 Å². The Morgan fingerprint density at radius 2 is 2.22 bits per heavy atom. The second-order valence-corrected chi connectivity index (χ2v) is 5.67. The molecule has 0 saturated carbocycles. The van der Waals surface area contributed by atoms with Crippen molar-refractivity contribution >= 4 is 18.0 Å². The highest BCUT2D eigenvalue weighted by Gasteiger charge is 2.10. The number of hydrogen-bond donors (Lipinski definition) is 0. The van der Waals surface area contributed by atoms with Gasteiger partial charge in [0.1, 0.15) is 23.2 Å². The molecule has 8 heteroatoms. The zero-order valence-corrected chi connectivity index (χ0v) is 13.2.